The highest BCUT2D eigenvalue weighted by atomic mass is 16.7. The summed E-state index contributed by atoms with van der Waals surface area (Å²) in [5.74, 6) is 0. The largest absolute Gasteiger partial charge is 0.355 e. The maximum absolute atomic E-state index is 5.97. The zero-order valence-corrected chi connectivity index (χ0v) is 12.4. The van der Waals surface area contributed by atoms with Gasteiger partial charge in [0.05, 0.1) is 0 Å². The molecule has 5 nitrogen and oxygen atoms in total. The Kier molecular flexibility index (Phi) is 6.04. The van der Waals surface area contributed by atoms with Gasteiger partial charge >= 0.3 is 0 Å². The summed E-state index contributed by atoms with van der Waals surface area (Å²) >= 11 is 0. The van der Waals surface area contributed by atoms with Crippen molar-refractivity contribution in [2.45, 2.75) is 44.1 Å². The molecule has 112 valence electrons. The molecule has 0 radical (unpaired) electrons. The SMILES string of the molecule is COC(CN1CCC(N2CCC(N)CC2)CC1)OC. The van der Waals surface area contributed by atoms with Crippen molar-refractivity contribution in [2.75, 3.05) is 46.9 Å². The minimum Gasteiger partial charge on any atom is -0.355 e. The molecule has 0 aliphatic carbocycles. The molecule has 2 fully saturated rings. The molecule has 0 aromatic rings. The Balaban J connectivity index is 1.70. The Morgan fingerprint density at radius 1 is 1.00 bits per heavy atom. The first-order valence-electron chi connectivity index (χ1n) is 7.50. The molecule has 2 rings (SSSR count). The van der Waals surface area contributed by atoms with Gasteiger partial charge in [0.2, 0.25) is 0 Å². The number of nitrogens with two attached hydrogens (primary N) is 1. The Hall–Kier alpha value is -0.200. The van der Waals surface area contributed by atoms with Crippen LogP contribution in [0, 0.1) is 0 Å². The molecule has 2 N–H and O–H groups in total. The highest BCUT2D eigenvalue weighted by molar-refractivity contribution is 4.84. The van der Waals surface area contributed by atoms with E-state index in [1.165, 1.54) is 25.9 Å². The molecular formula is C14H29N3O2. The maximum atomic E-state index is 5.97. The van der Waals surface area contributed by atoms with Gasteiger partial charge in [-0.05, 0) is 51.9 Å². The van der Waals surface area contributed by atoms with E-state index in [0.29, 0.717) is 6.04 Å². The average Bonchev–Trinajstić information content (AvgIpc) is 2.46. The predicted octanol–water partition coefficient (Wildman–Crippen LogP) is 0.493. The minimum atomic E-state index is -0.0930. The second-order valence-corrected chi connectivity index (χ2v) is 5.81. The molecule has 0 saturated carbocycles. The molecule has 19 heavy (non-hydrogen) atoms. The van der Waals surface area contributed by atoms with Gasteiger partial charge in [0, 0.05) is 32.8 Å². The standard InChI is InChI=1S/C14H29N3O2/c1-18-14(19-2)11-16-7-5-13(6-8-16)17-9-3-12(15)4-10-17/h12-14H,3-11,15H2,1-2H3. The predicted molar refractivity (Wildman–Crippen MR) is 76.1 cm³/mol. The van der Waals surface area contributed by atoms with Crippen molar-refractivity contribution in [1.82, 2.24) is 9.80 Å². The first-order valence-corrected chi connectivity index (χ1v) is 7.50. The van der Waals surface area contributed by atoms with Crippen molar-refractivity contribution in [2.24, 2.45) is 5.73 Å². The third kappa shape index (κ3) is 4.39. The van der Waals surface area contributed by atoms with Crippen LogP contribution in [0.5, 0.6) is 0 Å². The molecule has 5 heteroatoms. The van der Waals surface area contributed by atoms with E-state index < -0.39 is 0 Å². The molecule has 2 aliphatic heterocycles. The van der Waals surface area contributed by atoms with Crippen LogP contribution in [0.25, 0.3) is 0 Å². The Morgan fingerprint density at radius 2 is 1.58 bits per heavy atom. The number of ether oxygens (including phenoxy) is 2. The van der Waals surface area contributed by atoms with Gasteiger partial charge in [0.15, 0.2) is 6.29 Å². The molecule has 0 spiro atoms. The van der Waals surface area contributed by atoms with Crippen LogP contribution in [0.1, 0.15) is 25.7 Å². The first kappa shape index (κ1) is 15.2. The second kappa shape index (κ2) is 7.55. The van der Waals surface area contributed by atoms with Crippen molar-refractivity contribution in [3.8, 4) is 0 Å². The zero-order valence-electron chi connectivity index (χ0n) is 12.4. The molecule has 0 bridgehead atoms. The first-order chi connectivity index (χ1) is 9.22. The monoisotopic (exact) mass is 271 g/mol. The summed E-state index contributed by atoms with van der Waals surface area (Å²) in [7, 11) is 3.41. The van der Waals surface area contributed by atoms with Crippen molar-refractivity contribution in [1.29, 1.82) is 0 Å². The summed E-state index contributed by atoms with van der Waals surface area (Å²) in [5.41, 5.74) is 5.97. The van der Waals surface area contributed by atoms with E-state index in [1.807, 2.05) is 0 Å². The molecule has 0 atom stereocenters. The van der Waals surface area contributed by atoms with Crippen LogP contribution in [-0.4, -0.2) is 75.1 Å². The average molecular weight is 271 g/mol. The van der Waals surface area contributed by atoms with Crippen LogP contribution in [-0.2, 0) is 9.47 Å². The van der Waals surface area contributed by atoms with Crippen LogP contribution < -0.4 is 5.73 Å². The molecule has 2 saturated heterocycles. The van der Waals surface area contributed by atoms with Gasteiger partial charge in [-0.25, -0.2) is 0 Å². The lowest BCUT2D eigenvalue weighted by Crippen LogP contribution is -2.50. The maximum Gasteiger partial charge on any atom is 0.169 e. The summed E-state index contributed by atoms with van der Waals surface area (Å²) in [5, 5.41) is 0. The summed E-state index contributed by atoms with van der Waals surface area (Å²) in [6, 6.07) is 1.19. The molecule has 0 aromatic heterocycles. The number of rotatable bonds is 5. The summed E-state index contributed by atoms with van der Waals surface area (Å²) in [6.45, 7) is 5.55. The van der Waals surface area contributed by atoms with E-state index in [0.717, 1.165) is 38.5 Å². The van der Waals surface area contributed by atoms with E-state index in [4.69, 9.17) is 15.2 Å². The molecule has 0 amide bonds. The third-order valence-corrected chi connectivity index (χ3v) is 4.58. The lowest BCUT2D eigenvalue weighted by Gasteiger charge is -2.41. The van der Waals surface area contributed by atoms with Crippen LogP contribution in [0.15, 0.2) is 0 Å². The number of likely N-dealkylation sites (tertiary alicyclic amines) is 2. The molecule has 2 heterocycles. The fourth-order valence-corrected chi connectivity index (χ4v) is 3.21. The lowest BCUT2D eigenvalue weighted by molar-refractivity contribution is -0.119. The number of nitrogens with zero attached hydrogens (tertiary/aromatic N) is 2. The fourth-order valence-electron chi connectivity index (χ4n) is 3.21. The van der Waals surface area contributed by atoms with Gasteiger partial charge in [-0.15, -0.1) is 0 Å². The van der Waals surface area contributed by atoms with Crippen LogP contribution >= 0.6 is 0 Å². The van der Waals surface area contributed by atoms with E-state index in [-0.39, 0.29) is 6.29 Å². The van der Waals surface area contributed by atoms with Crippen molar-refractivity contribution in [3.63, 3.8) is 0 Å². The normalized spacial score (nSPS) is 25.3. The number of piperidine rings is 2. The number of methoxy groups -OCH3 is 2. The topological polar surface area (TPSA) is 51.0 Å². The summed E-state index contributed by atoms with van der Waals surface area (Å²) in [4.78, 5) is 5.09. The summed E-state index contributed by atoms with van der Waals surface area (Å²) < 4.78 is 10.5. The van der Waals surface area contributed by atoms with Crippen LogP contribution in [0.4, 0.5) is 0 Å². The highest BCUT2D eigenvalue weighted by Crippen LogP contribution is 2.20. The van der Waals surface area contributed by atoms with E-state index in [2.05, 4.69) is 9.80 Å². The van der Waals surface area contributed by atoms with Gasteiger partial charge < -0.3 is 20.1 Å². The molecular weight excluding hydrogens is 242 g/mol. The van der Waals surface area contributed by atoms with Crippen molar-refractivity contribution < 1.29 is 9.47 Å². The minimum absolute atomic E-state index is 0.0930. The fraction of sp³-hybridized carbons (Fsp3) is 1.00. The summed E-state index contributed by atoms with van der Waals surface area (Å²) in [6.07, 6.45) is 4.75. The quantitative estimate of drug-likeness (QED) is 0.738. The zero-order chi connectivity index (χ0) is 13.7. The van der Waals surface area contributed by atoms with Crippen molar-refractivity contribution in [3.05, 3.63) is 0 Å². The van der Waals surface area contributed by atoms with Gasteiger partial charge in [0.1, 0.15) is 0 Å². The Labute approximate surface area is 117 Å². The number of hydrogen-bond acceptors (Lipinski definition) is 5. The second-order valence-electron chi connectivity index (χ2n) is 5.81. The highest BCUT2D eigenvalue weighted by Gasteiger charge is 2.27. The van der Waals surface area contributed by atoms with E-state index >= 15 is 0 Å². The van der Waals surface area contributed by atoms with Crippen molar-refractivity contribution >= 4 is 0 Å². The van der Waals surface area contributed by atoms with Crippen LogP contribution in [0.2, 0.25) is 0 Å². The Morgan fingerprint density at radius 3 is 2.11 bits per heavy atom. The number of hydrogen-bond donors (Lipinski definition) is 1. The van der Waals surface area contributed by atoms with Gasteiger partial charge in [-0.2, -0.15) is 0 Å². The lowest BCUT2D eigenvalue weighted by atomic mass is 9.98. The van der Waals surface area contributed by atoms with E-state index in [9.17, 15) is 0 Å². The molecule has 0 aromatic carbocycles. The van der Waals surface area contributed by atoms with Gasteiger partial charge in [0.25, 0.3) is 0 Å². The van der Waals surface area contributed by atoms with Gasteiger partial charge in [-0.3, -0.25) is 4.90 Å². The Bertz CT molecular complexity index is 245. The van der Waals surface area contributed by atoms with Gasteiger partial charge in [-0.1, -0.05) is 0 Å². The van der Waals surface area contributed by atoms with E-state index in [1.54, 1.807) is 14.2 Å². The molecule has 0 unspecified atom stereocenters. The van der Waals surface area contributed by atoms with Crippen LogP contribution in [0.3, 0.4) is 0 Å². The smallest absolute Gasteiger partial charge is 0.169 e. The molecule has 2 aliphatic rings. The third-order valence-electron chi connectivity index (χ3n) is 4.58.